The predicted octanol–water partition coefficient (Wildman–Crippen LogP) is 4.23. The van der Waals surface area contributed by atoms with E-state index in [0.717, 1.165) is 21.0 Å². The zero-order chi connectivity index (χ0) is 24.2. The van der Waals surface area contributed by atoms with Crippen LogP contribution in [-0.2, 0) is 19.6 Å². The van der Waals surface area contributed by atoms with Crippen molar-refractivity contribution in [2.75, 3.05) is 23.3 Å². The Balaban J connectivity index is 1.96. The fraction of sp³-hybridized carbons (Fsp3) is 0.200. The van der Waals surface area contributed by atoms with Gasteiger partial charge in [-0.25, -0.2) is 13.2 Å². The van der Waals surface area contributed by atoms with E-state index in [1.165, 1.54) is 25.3 Å². The first-order chi connectivity index (χ1) is 15.6. The Morgan fingerprint density at radius 1 is 0.879 bits per heavy atom. The molecular formula is C25H26N2O5S. The van der Waals surface area contributed by atoms with E-state index >= 15 is 0 Å². The number of esters is 1. The molecule has 0 saturated heterocycles. The summed E-state index contributed by atoms with van der Waals surface area (Å²) in [5.74, 6) is -1.08. The van der Waals surface area contributed by atoms with Crippen LogP contribution in [0.1, 0.15) is 27.0 Å². The molecule has 0 bridgehead atoms. The maximum Gasteiger partial charge on any atom is 0.337 e. The van der Waals surface area contributed by atoms with E-state index in [0.29, 0.717) is 11.4 Å². The van der Waals surface area contributed by atoms with Gasteiger partial charge < -0.3 is 10.1 Å². The van der Waals surface area contributed by atoms with Crippen molar-refractivity contribution in [1.29, 1.82) is 0 Å². The van der Waals surface area contributed by atoms with Crippen LogP contribution in [0.15, 0.2) is 71.6 Å². The van der Waals surface area contributed by atoms with Crippen LogP contribution in [0, 0.1) is 20.8 Å². The molecule has 3 aromatic carbocycles. The maximum absolute atomic E-state index is 13.5. The average molecular weight is 467 g/mol. The number of carbonyl (C=O) groups excluding carboxylic acids is 2. The number of rotatable bonds is 7. The van der Waals surface area contributed by atoms with Crippen molar-refractivity contribution in [3.8, 4) is 0 Å². The Hall–Kier alpha value is -3.65. The van der Waals surface area contributed by atoms with Gasteiger partial charge in [0.25, 0.3) is 10.0 Å². The molecule has 0 atom stereocenters. The van der Waals surface area contributed by atoms with E-state index in [-0.39, 0.29) is 10.5 Å². The summed E-state index contributed by atoms with van der Waals surface area (Å²) in [6.45, 7) is 5.15. The maximum atomic E-state index is 13.5. The molecule has 7 nitrogen and oxygen atoms in total. The summed E-state index contributed by atoms with van der Waals surface area (Å²) in [7, 11) is -2.73. The van der Waals surface area contributed by atoms with Crippen molar-refractivity contribution in [1.82, 2.24) is 0 Å². The molecule has 0 spiro atoms. The Labute approximate surface area is 194 Å². The topological polar surface area (TPSA) is 92.8 Å². The lowest BCUT2D eigenvalue weighted by Gasteiger charge is -2.25. The highest BCUT2D eigenvalue weighted by atomic mass is 32.2. The molecule has 0 unspecified atom stereocenters. The van der Waals surface area contributed by atoms with E-state index < -0.39 is 28.4 Å². The number of methoxy groups -OCH3 is 1. The normalized spacial score (nSPS) is 11.0. The van der Waals surface area contributed by atoms with Gasteiger partial charge in [-0.3, -0.25) is 9.10 Å². The largest absolute Gasteiger partial charge is 0.465 e. The monoisotopic (exact) mass is 466 g/mol. The average Bonchev–Trinajstić information content (AvgIpc) is 2.80. The fourth-order valence-electron chi connectivity index (χ4n) is 3.24. The molecule has 3 rings (SSSR count). The lowest BCUT2D eigenvalue weighted by atomic mass is 10.1. The first kappa shape index (κ1) is 24.0. The minimum absolute atomic E-state index is 0.0832. The standard InChI is InChI=1S/C25H26N2O5S/c1-17-11-13-21(14-19(17)3)27(33(30,31)22-8-6-5-7-9-22)16-24(28)26-23-15-20(25(29)32-4)12-10-18(23)2/h5-15H,16H2,1-4H3,(H,26,28). The second-order valence-corrected chi connectivity index (χ2v) is 9.53. The number of aryl methyl sites for hydroxylation is 3. The predicted molar refractivity (Wildman–Crippen MR) is 128 cm³/mol. The third-order valence-electron chi connectivity index (χ3n) is 5.33. The zero-order valence-electron chi connectivity index (χ0n) is 19.0. The number of amides is 1. The second kappa shape index (κ2) is 9.87. The van der Waals surface area contributed by atoms with E-state index in [1.54, 1.807) is 49.4 Å². The smallest absolute Gasteiger partial charge is 0.337 e. The van der Waals surface area contributed by atoms with Crippen LogP contribution in [0.5, 0.6) is 0 Å². The Kier molecular flexibility index (Phi) is 7.18. The molecule has 0 aliphatic heterocycles. The quantitative estimate of drug-likeness (QED) is 0.526. The van der Waals surface area contributed by atoms with E-state index in [2.05, 4.69) is 5.32 Å². The van der Waals surface area contributed by atoms with Crippen molar-refractivity contribution in [3.63, 3.8) is 0 Å². The molecule has 1 N–H and O–H groups in total. The highest BCUT2D eigenvalue weighted by Crippen LogP contribution is 2.26. The first-order valence-corrected chi connectivity index (χ1v) is 11.7. The number of nitrogens with zero attached hydrogens (tertiary/aromatic N) is 1. The van der Waals surface area contributed by atoms with Gasteiger partial charge in [0, 0.05) is 5.69 Å². The van der Waals surface area contributed by atoms with Crippen LogP contribution in [0.25, 0.3) is 0 Å². The molecule has 0 aromatic heterocycles. The summed E-state index contributed by atoms with van der Waals surface area (Å²) in [4.78, 5) is 24.9. The number of anilines is 2. The van der Waals surface area contributed by atoms with Crippen molar-refractivity contribution in [2.45, 2.75) is 25.7 Å². The number of nitrogens with one attached hydrogen (secondary N) is 1. The molecule has 1 amide bonds. The summed E-state index contributed by atoms with van der Waals surface area (Å²) in [5, 5.41) is 2.73. The number of ether oxygens (including phenoxy) is 1. The SMILES string of the molecule is COC(=O)c1ccc(C)c(NC(=O)CN(c2ccc(C)c(C)c2)S(=O)(=O)c2ccccc2)c1. The highest BCUT2D eigenvalue weighted by molar-refractivity contribution is 7.92. The third kappa shape index (κ3) is 5.40. The summed E-state index contributed by atoms with van der Waals surface area (Å²) in [5.41, 5.74) is 3.71. The lowest BCUT2D eigenvalue weighted by Crippen LogP contribution is -2.38. The molecule has 8 heteroatoms. The van der Waals surface area contributed by atoms with Crippen LogP contribution in [0.3, 0.4) is 0 Å². The minimum atomic E-state index is -4.01. The molecule has 0 fully saturated rings. The molecule has 0 aliphatic rings. The summed E-state index contributed by atoms with van der Waals surface area (Å²) < 4.78 is 32.7. The van der Waals surface area contributed by atoms with Gasteiger partial charge in [-0.2, -0.15) is 0 Å². The number of sulfonamides is 1. The summed E-state index contributed by atoms with van der Waals surface area (Å²) >= 11 is 0. The molecular weight excluding hydrogens is 440 g/mol. The van der Waals surface area contributed by atoms with Crippen LogP contribution >= 0.6 is 0 Å². The van der Waals surface area contributed by atoms with Gasteiger partial charge in [-0.05, 0) is 73.9 Å². The summed E-state index contributed by atoms with van der Waals surface area (Å²) in [6.07, 6.45) is 0. The Morgan fingerprint density at radius 3 is 2.18 bits per heavy atom. The third-order valence-corrected chi connectivity index (χ3v) is 7.12. The second-order valence-electron chi connectivity index (χ2n) is 7.66. The van der Waals surface area contributed by atoms with E-state index in [4.69, 9.17) is 4.74 Å². The number of carbonyl (C=O) groups is 2. The van der Waals surface area contributed by atoms with Crippen LogP contribution in [-0.4, -0.2) is 33.9 Å². The molecule has 0 radical (unpaired) electrons. The number of hydrogen-bond acceptors (Lipinski definition) is 5. The van der Waals surface area contributed by atoms with Gasteiger partial charge in [-0.1, -0.05) is 30.3 Å². The molecule has 0 heterocycles. The van der Waals surface area contributed by atoms with Crippen molar-refractivity contribution in [3.05, 3.63) is 89.0 Å². The molecule has 33 heavy (non-hydrogen) atoms. The molecule has 172 valence electrons. The summed E-state index contributed by atoms with van der Waals surface area (Å²) in [6, 6.07) is 18.0. The van der Waals surface area contributed by atoms with Gasteiger partial charge >= 0.3 is 5.97 Å². The fourth-order valence-corrected chi connectivity index (χ4v) is 4.67. The van der Waals surface area contributed by atoms with Gasteiger partial charge in [-0.15, -0.1) is 0 Å². The first-order valence-electron chi connectivity index (χ1n) is 10.3. The molecule has 0 aliphatic carbocycles. The van der Waals surface area contributed by atoms with Crippen molar-refractivity contribution in [2.24, 2.45) is 0 Å². The van der Waals surface area contributed by atoms with Crippen LogP contribution in [0.2, 0.25) is 0 Å². The Bertz CT molecular complexity index is 1290. The minimum Gasteiger partial charge on any atom is -0.465 e. The zero-order valence-corrected chi connectivity index (χ0v) is 19.8. The number of benzene rings is 3. The van der Waals surface area contributed by atoms with E-state index in [9.17, 15) is 18.0 Å². The van der Waals surface area contributed by atoms with E-state index in [1.807, 2.05) is 19.9 Å². The van der Waals surface area contributed by atoms with Crippen molar-refractivity contribution >= 4 is 33.3 Å². The van der Waals surface area contributed by atoms with Gasteiger partial charge in [0.2, 0.25) is 5.91 Å². The lowest BCUT2D eigenvalue weighted by molar-refractivity contribution is -0.114. The van der Waals surface area contributed by atoms with Gasteiger partial charge in [0.05, 0.1) is 23.3 Å². The van der Waals surface area contributed by atoms with Gasteiger partial charge in [0.15, 0.2) is 0 Å². The van der Waals surface area contributed by atoms with Crippen molar-refractivity contribution < 1.29 is 22.7 Å². The van der Waals surface area contributed by atoms with Crippen LogP contribution in [0.4, 0.5) is 11.4 Å². The Morgan fingerprint density at radius 2 is 1.55 bits per heavy atom. The molecule has 0 saturated carbocycles. The highest BCUT2D eigenvalue weighted by Gasteiger charge is 2.27. The van der Waals surface area contributed by atoms with Gasteiger partial charge in [0.1, 0.15) is 6.54 Å². The molecule has 3 aromatic rings. The van der Waals surface area contributed by atoms with Crippen LogP contribution < -0.4 is 9.62 Å². The number of hydrogen-bond donors (Lipinski definition) is 1.